The van der Waals surface area contributed by atoms with Crippen LogP contribution in [0.4, 0.5) is 11.4 Å². The standard InChI is InChI=1S/C19H20N2O3/c1-12-10-14(21(2)3)8-9-16(12)20-18(22)17-11-13-6-4-5-7-15(13)19(23)24-17/h4-10,17H,11H2,1-3H3,(H,20,22). The Morgan fingerprint density at radius 1 is 1.21 bits per heavy atom. The number of anilines is 2. The van der Waals surface area contributed by atoms with Gasteiger partial charge in [-0.2, -0.15) is 0 Å². The van der Waals surface area contributed by atoms with Crippen molar-refractivity contribution in [3.05, 3.63) is 59.2 Å². The second-order valence-corrected chi connectivity index (χ2v) is 6.14. The third kappa shape index (κ3) is 3.11. The lowest BCUT2D eigenvalue weighted by molar-refractivity contribution is -0.125. The van der Waals surface area contributed by atoms with Gasteiger partial charge in [0, 0.05) is 31.9 Å². The minimum Gasteiger partial charge on any atom is -0.448 e. The lowest BCUT2D eigenvalue weighted by atomic mass is 9.98. The lowest BCUT2D eigenvalue weighted by Gasteiger charge is -2.24. The van der Waals surface area contributed by atoms with Crippen molar-refractivity contribution >= 4 is 23.3 Å². The van der Waals surface area contributed by atoms with Gasteiger partial charge in [-0.3, -0.25) is 4.79 Å². The summed E-state index contributed by atoms with van der Waals surface area (Å²) in [5.41, 5.74) is 4.11. The van der Waals surface area contributed by atoms with Crippen LogP contribution in [0.15, 0.2) is 42.5 Å². The summed E-state index contributed by atoms with van der Waals surface area (Å²) in [4.78, 5) is 26.5. The maximum atomic E-state index is 12.5. The molecule has 1 aliphatic heterocycles. The Kier molecular flexibility index (Phi) is 4.25. The van der Waals surface area contributed by atoms with Gasteiger partial charge in [0.25, 0.3) is 5.91 Å². The van der Waals surface area contributed by atoms with E-state index in [9.17, 15) is 9.59 Å². The zero-order valence-electron chi connectivity index (χ0n) is 14.0. The Balaban J connectivity index is 1.76. The van der Waals surface area contributed by atoms with Crippen LogP contribution in [0.5, 0.6) is 0 Å². The molecule has 5 heteroatoms. The number of rotatable bonds is 3. The fourth-order valence-corrected chi connectivity index (χ4v) is 2.76. The second-order valence-electron chi connectivity index (χ2n) is 6.14. The normalized spacial score (nSPS) is 16.1. The van der Waals surface area contributed by atoms with Gasteiger partial charge in [0.2, 0.25) is 0 Å². The molecular formula is C19H20N2O3. The number of nitrogens with one attached hydrogen (secondary N) is 1. The van der Waals surface area contributed by atoms with Crippen molar-refractivity contribution in [1.29, 1.82) is 0 Å². The van der Waals surface area contributed by atoms with E-state index < -0.39 is 12.1 Å². The van der Waals surface area contributed by atoms with E-state index in [1.165, 1.54) is 0 Å². The van der Waals surface area contributed by atoms with Crippen molar-refractivity contribution in [1.82, 2.24) is 0 Å². The molecule has 0 aliphatic carbocycles. The number of carbonyl (C=O) groups is 2. The molecule has 0 saturated carbocycles. The highest BCUT2D eigenvalue weighted by atomic mass is 16.5. The third-order valence-corrected chi connectivity index (χ3v) is 4.17. The lowest BCUT2D eigenvalue weighted by Crippen LogP contribution is -2.38. The van der Waals surface area contributed by atoms with Crippen LogP contribution < -0.4 is 10.2 Å². The van der Waals surface area contributed by atoms with E-state index >= 15 is 0 Å². The summed E-state index contributed by atoms with van der Waals surface area (Å²) < 4.78 is 5.29. The van der Waals surface area contributed by atoms with Gasteiger partial charge in [-0.1, -0.05) is 18.2 Å². The van der Waals surface area contributed by atoms with Crippen molar-refractivity contribution in [3.8, 4) is 0 Å². The number of cyclic esters (lactones) is 1. The first-order valence-corrected chi connectivity index (χ1v) is 7.83. The summed E-state index contributed by atoms with van der Waals surface area (Å²) in [6, 6.07) is 13.0. The largest absolute Gasteiger partial charge is 0.448 e. The highest BCUT2D eigenvalue weighted by Gasteiger charge is 2.31. The van der Waals surface area contributed by atoms with E-state index in [0.717, 1.165) is 22.5 Å². The number of carbonyl (C=O) groups excluding carboxylic acids is 2. The summed E-state index contributed by atoms with van der Waals surface area (Å²) in [6.45, 7) is 1.94. The molecule has 1 unspecified atom stereocenters. The molecule has 0 aromatic heterocycles. The predicted molar refractivity (Wildman–Crippen MR) is 93.5 cm³/mol. The van der Waals surface area contributed by atoms with Crippen molar-refractivity contribution in [3.63, 3.8) is 0 Å². The first-order valence-electron chi connectivity index (χ1n) is 7.83. The maximum Gasteiger partial charge on any atom is 0.339 e. The van der Waals surface area contributed by atoms with Gasteiger partial charge < -0.3 is 15.0 Å². The SMILES string of the molecule is Cc1cc(N(C)C)ccc1NC(=O)C1Cc2ccccc2C(=O)O1. The molecule has 24 heavy (non-hydrogen) atoms. The first-order chi connectivity index (χ1) is 11.5. The fourth-order valence-electron chi connectivity index (χ4n) is 2.76. The average Bonchev–Trinajstić information content (AvgIpc) is 2.56. The molecule has 3 rings (SSSR count). The maximum absolute atomic E-state index is 12.5. The molecule has 0 spiro atoms. The number of esters is 1. The number of hydrogen-bond acceptors (Lipinski definition) is 4. The van der Waals surface area contributed by atoms with Crippen molar-refractivity contribution in [2.75, 3.05) is 24.3 Å². The second kappa shape index (κ2) is 6.35. The number of ether oxygens (including phenoxy) is 1. The van der Waals surface area contributed by atoms with Crippen LogP contribution in [0, 0.1) is 6.92 Å². The van der Waals surface area contributed by atoms with Gasteiger partial charge in [0.1, 0.15) is 0 Å². The average molecular weight is 324 g/mol. The Hall–Kier alpha value is -2.82. The summed E-state index contributed by atoms with van der Waals surface area (Å²) in [6.07, 6.45) is -0.414. The molecule has 0 fully saturated rings. The van der Waals surface area contributed by atoms with Crippen molar-refractivity contribution in [2.45, 2.75) is 19.4 Å². The Morgan fingerprint density at radius 3 is 2.67 bits per heavy atom. The first kappa shape index (κ1) is 16.1. The minimum atomic E-state index is -0.805. The van der Waals surface area contributed by atoms with Crippen LogP contribution in [0.2, 0.25) is 0 Å². The minimum absolute atomic E-state index is 0.307. The van der Waals surface area contributed by atoms with Gasteiger partial charge in [-0.05, 0) is 42.3 Å². The predicted octanol–water partition coefficient (Wildman–Crippen LogP) is 2.78. The topological polar surface area (TPSA) is 58.6 Å². The fraction of sp³-hybridized carbons (Fsp3) is 0.263. The van der Waals surface area contributed by atoms with Crippen molar-refractivity contribution < 1.29 is 14.3 Å². The van der Waals surface area contributed by atoms with Crippen LogP contribution in [0.1, 0.15) is 21.5 Å². The number of fused-ring (bicyclic) bond motifs is 1. The van der Waals surface area contributed by atoms with Gasteiger partial charge in [0.05, 0.1) is 5.56 Å². The Morgan fingerprint density at radius 2 is 1.96 bits per heavy atom. The molecular weight excluding hydrogens is 304 g/mol. The van der Waals surface area contributed by atoms with E-state index in [2.05, 4.69) is 5.32 Å². The zero-order valence-corrected chi connectivity index (χ0v) is 14.0. The third-order valence-electron chi connectivity index (χ3n) is 4.17. The molecule has 1 heterocycles. The number of hydrogen-bond donors (Lipinski definition) is 1. The van der Waals surface area contributed by atoms with E-state index in [0.29, 0.717) is 12.0 Å². The number of nitrogens with zero attached hydrogens (tertiary/aromatic N) is 1. The molecule has 1 N–H and O–H groups in total. The van der Waals surface area contributed by atoms with E-state index in [1.54, 1.807) is 12.1 Å². The quantitative estimate of drug-likeness (QED) is 0.882. The molecule has 5 nitrogen and oxygen atoms in total. The van der Waals surface area contributed by atoms with E-state index in [1.807, 2.05) is 56.3 Å². The number of benzene rings is 2. The van der Waals surface area contributed by atoms with Gasteiger partial charge in [-0.15, -0.1) is 0 Å². The molecule has 0 radical (unpaired) electrons. The van der Waals surface area contributed by atoms with Gasteiger partial charge in [0.15, 0.2) is 6.10 Å². The molecule has 1 atom stereocenters. The number of amides is 1. The van der Waals surface area contributed by atoms with Crippen LogP contribution in [0.3, 0.4) is 0 Å². The summed E-state index contributed by atoms with van der Waals surface area (Å²) in [7, 11) is 3.93. The Bertz CT molecular complexity index is 799. The smallest absolute Gasteiger partial charge is 0.339 e. The van der Waals surface area contributed by atoms with Crippen LogP contribution in [-0.4, -0.2) is 32.1 Å². The number of aryl methyl sites for hydroxylation is 1. The summed E-state index contributed by atoms with van der Waals surface area (Å²) in [5.74, 6) is -0.754. The molecule has 0 bridgehead atoms. The zero-order chi connectivity index (χ0) is 17.3. The molecule has 2 aromatic carbocycles. The highest BCUT2D eigenvalue weighted by Crippen LogP contribution is 2.24. The van der Waals surface area contributed by atoms with Gasteiger partial charge >= 0.3 is 5.97 Å². The molecule has 1 amide bonds. The van der Waals surface area contributed by atoms with Crippen LogP contribution in [-0.2, 0) is 16.0 Å². The molecule has 124 valence electrons. The van der Waals surface area contributed by atoms with Crippen molar-refractivity contribution in [2.24, 2.45) is 0 Å². The highest BCUT2D eigenvalue weighted by molar-refractivity contribution is 6.00. The van der Waals surface area contributed by atoms with Crippen LogP contribution >= 0.6 is 0 Å². The molecule has 1 aliphatic rings. The Labute approximate surface area is 141 Å². The summed E-state index contributed by atoms with van der Waals surface area (Å²) >= 11 is 0. The van der Waals surface area contributed by atoms with Crippen LogP contribution in [0.25, 0.3) is 0 Å². The molecule has 0 saturated heterocycles. The summed E-state index contributed by atoms with van der Waals surface area (Å²) in [5, 5.41) is 2.86. The van der Waals surface area contributed by atoms with E-state index in [4.69, 9.17) is 4.74 Å². The molecule has 2 aromatic rings. The van der Waals surface area contributed by atoms with Gasteiger partial charge in [-0.25, -0.2) is 4.79 Å². The van der Waals surface area contributed by atoms with E-state index in [-0.39, 0.29) is 5.91 Å². The monoisotopic (exact) mass is 324 g/mol.